The second-order valence-corrected chi connectivity index (χ2v) is 5.40. The van der Waals surface area contributed by atoms with Crippen LogP contribution in [-0.2, 0) is 9.53 Å². The quantitative estimate of drug-likeness (QED) is 0.797. The molecule has 2 aliphatic rings. The van der Waals surface area contributed by atoms with Crippen LogP contribution in [0.2, 0.25) is 0 Å². The maximum absolute atomic E-state index is 11.7. The van der Waals surface area contributed by atoms with E-state index >= 15 is 0 Å². The number of carbonyl (C=O) groups excluding carboxylic acids is 1. The Bertz CT molecular complexity index is 244. The Balaban J connectivity index is 1.60. The summed E-state index contributed by atoms with van der Waals surface area (Å²) in [5, 5.41) is 2.98. The minimum absolute atomic E-state index is 0.148. The Morgan fingerprint density at radius 3 is 2.76 bits per heavy atom. The van der Waals surface area contributed by atoms with E-state index in [0.717, 1.165) is 38.5 Å². The minimum atomic E-state index is 0.148. The third-order valence-electron chi connectivity index (χ3n) is 3.79. The summed E-state index contributed by atoms with van der Waals surface area (Å²) in [6.45, 7) is 6.50. The molecule has 2 aliphatic heterocycles. The van der Waals surface area contributed by atoms with Gasteiger partial charge in [-0.25, -0.2) is 0 Å². The van der Waals surface area contributed by atoms with Crippen LogP contribution in [-0.4, -0.2) is 49.7 Å². The summed E-state index contributed by atoms with van der Waals surface area (Å²) in [5.41, 5.74) is 0. The second kappa shape index (κ2) is 6.36. The van der Waals surface area contributed by atoms with Crippen molar-refractivity contribution in [1.82, 2.24) is 10.2 Å². The molecule has 1 amide bonds. The van der Waals surface area contributed by atoms with Gasteiger partial charge in [0.05, 0.1) is 12.6 Å². The number of rotatable bonds is 4. The van der Waals surface area contributed by atoms with Gasteiger partial charge in [-0.3, -0.25) is 9.69 Å². The molecular formula is C13H24N2O2. The highest BCUT2D eigenvalue weighted by Gasteiger charge is 2.19. The topological polar surface area (TPSA) is 41.6 Å². The molecule has 0 aromatic carbocycles. The molecule has 17 heavy (non-hydrogen) atoms. The van der Waals surface area contributed by atoms with Crippen LogP contribution in [0.4, 0.5) is 0 Å². The van der Waals surface area contributed by atoms with Gasteiger partial charge in [-0.05, 0) is 44.7 Å². The molecule has 2 heterocycles. The highest BCUT2D eigenvalue weighted by atomic mass is 16.5. The molecule has 1 atom stereocenters. The first-order valence-electron chi connectivity index (χ1n) is 6.84. The molecule has 0 saturated carbocycles. The monoisotopic (exact) mass is 240 g/mol. The normalized spacial score (nSPS) is 27.2. The van der Waals surface area contributed by atoms with Gasteiger partial charge in [0.25, 0.3) is 0 Å². The van der Waals surface area contributed by atoms with Gasteiger partial charge in [0.15, 0.2) is 0 Å². The summed E-state index contributed by atoms with van der Waals surface area (Å²) in [4.78, 5) is 14.0. The lowest BCUT2D eigenvalue weighted by Crippen LogP contribution is -2.42. The highest BCUT2D eigenvalue weighted by Crippen LogP contribution is 2.15. The van der Waals surface area contributed by atoms with Gasteiger partial charge in [-0.1, -0.05) is 6.92 Å². The van der Waals surface area contributed by atoms with E-state index in [4.69, 9.17) is 4.74 Å². The van der Waals surface area contributed by atoms with Crippen molar-refractivity contribution in [3.8, 4) is 0 Å². The third kappa shape index (κ3) is 4.28. The van der Waals surface area contributed by atoms with Gasteiger partial charge in [0.1, 0.15) is 0 Å². The molecule has 0 aliphatic carbocycles. The first kappa shape index (κ1) is 12.8. The van der Waals surface area contributed by atoms with E-state index in [-0.39, 0.29) is 12.0 Å². The van der Waals surface area contributed by atoms with Crippen molar-refractivity contribution in [2.45, 2.75) is 38.7 Å². The molecule has 0 radical (unpaired) electrons. The standard InChI is InChI=1S/C13H24N2O2/c1-11-4-6-15(7-5-11)10-13(16)14-9-12-3-2-8-17-12/h11-12H,2-10H2,1H3,(H,14,16). The van der Waals surface area contributed by atoms with E-state index in [1.54, 1.807) is 0 Å². The fourth-order valence-electron chi connectivity index (χ4n) is 2.51. The van der Waals surface area contributed by atoms with Gasteiger partial charge in [0, 0.05) is 13.2 Å². The van der Waals surface area contributed by atoms with Crippen LogP contribution in [0.1, 0.15) is 32.6 Å². The van der Waals surface area contributed by atoms with E-state index in [9.17, 15) is 4.79 Å². The van der Waals surface area contributed by atoms with Crippen LogP contribution < -0.4 is 5.32 Å². The molecule has 0 aromatic rings. The molecule has 0 aromatic heterocycles. The molecule has 2 rings (SSSR count). The predicted octanol–water partition coefficient (Wildman–Crippen LogP) is 1.01. The summed E-state index contributed by atoms with van der Waals surface area (Å²) in [5.74, 6) is 0.969. The summed E-state index contributed by atoms with van der Waals surface area (Å²) >= 11 is 0. The number of nitrogens with one attached hydrogen (secondary N) is 1. The number of hydrogen-bond donors (Lipinski definition) is 1. The van der Waals surface area contributed by atoms with Crippen molar-refractivity contribution in [1.29, 1.82) is 0 Å². The zero-order valence-corrected chi connectivity index (χ0v) is 10.8. The van der Waals surface area contributed by atoms with Gasteiger partial charge >= 0.3 is 0 Å². The van der Waals surface area contributed by atoms with Crippen molar-refractivity contribution in [3.05, 3.63) is 0 Å². The molecule has 98 valence electrons. The molecule has 2 saturated heterocycles. The smallest absolute Gasteiger partial charge is 0.234 e. The van der Waals surface area contributed by atoms with Gasteiger partial charge in [0.2, 0.25) is 5.91 Å². The predicted molar refractivity (Wildman–Crippen MR) is 66.8 cm³/mol. The van der Waals surface area contributed by atoms with Gasteiger partial charge in [-0.2, -0.15) is 0 Å². The maximum atomic E-state index is 11.7. The van der Waals surface area contributed by atoms with Crippen LogP contribution in [0.25, 0.3) is 0 Å². The number of ether oxygens (including phenoxy) is 1. The molecule has 4 heteroatoms. The Labute approximate surface area is 104 Å². The van der Waals surface area contributed by atoms with E-state index in [1.807, 2.05) is 0 Å². The number of piperidine rings is 1. The van der Waals surface area contributed by atoms with Gasteiger partial charge in [-0.15, -0.1) is 0 Å². The highest BCUT2D eigenvalue weighted by molar-refractivity contribution is 5.78. The van der Waals surface area contributed by atoms with Crippen LogP contribution >= 0.6 is 0 Å². The number of carbonyl (C=O) groups is 1. The molecule has 4 nitrogen and oxygen atoms in total. The average molecular weight is 240 g/mol. The van der Waals surface area contributed by atoms with Crippen molar-refractivity contribution in [2.75, 3.05) is 32.8 Å². The Hall–Kier alpha value is -0.610. The number of nitrogens with zero attached hydrogens (tertiary/aromatic N) is 1. The molecule has 1 unspecified atom stereocenters. The zero-order chi connectivity index (χ0) is 12.1. The van der Waals surface area contributed by atoms with Gasteiger partial charge < -0.3 is 10.1 Å². The molecule has 0 bridgehead atoms. The number of likely N-dealkylation sites (tertiary alicyclic amines) is 1. The van der Waals surface area contributed by atoms with Crippen molar-refractivity contribution < 1.29 is 9.53 Å². The van der Waals surface area contributed by atoms with Crippen molar-refractivity contribution in [2.24, 2.45) is 5.92 Å². The largest absolute Gasteiger partial charge is 0.376 e. The third-order valence-corrected chi connectivity index (χ3v) is 3.79. The van der Waals surface area contributed by atoms with Crippen LogP contribution in [0.15, 0.2) is 0 Å². The van der Waals surface area contributed by atoms with E-state index < -0.39 is 0 Å². The minimum Gasteiger partial charge on any atom is -0.376 e. The SMILES string of the molecule is CC1CCN(CC(=O)NCC2CCCO2)CC1. The molecule has 1 N–H and O–H groups in total. The lowest BCUT2D eigenvalue weighted by Gasteiger charge is -2.29. The second-order valence-electron chi connectivity index (χ2n) is 5.40. The Morgan fingerprint density at radius 2 is 2.12 bits per heavy atom. The Kier molecular flexibility index (Phi) is 4.80. The van der Waals surface area contributed by atoms with Crippen molar-refractivity contribution in [3.63, 3.8) is 0 Å². The lowest BCUT2D eigenvalue weighted by atomic mass is 9.99. The molecular weight excluding hydrogens is 216 g/mol. The fraction of sp³-hybridized carbons (Fsp3) is 0.923. The maximum Gasteiger partial charge on any atom is 0.234 e. The lowest BCUT2D eigenvalue weighted by molar-refractivity contribution is -0.123. The fourth-order valence-corrected chi connectivity index (χ4v) is 2.51. The van der Waals surface area contributed by atoms with Crippen molar-refractivity contribution >= 4 is 5.91 Å². The Morgan fingerprint density at radius 1 is 1.35 bits per heavy atom. The van der Waals surface area contributed by atoms with E-state index in [0.29, 0.717) is 13.1 Å². The number of hydrogen-bond acceptors (Lipinski definition) is 3. The average Bonchev–Trinajstić information content (AvgIpc) is 2.83. The first-order valence-corrected chi connectivity index (χ1v) is 6.84. The van der Waals surface area contributed by atoms with Crippen LogP contribution in [0, 0.1) is 5.92 Å². The summed E-state index contributed by atoms with van der Waals surface area (Å²) in [6.07, 6.45) is 4.91. The molecule has 0 spiro atoms. The summed E-state index contributed by atoms with van der Waals surface area (Å²) in [6, 6.07) is 0. The summed E-state index contributed by atoms with van der Waals surface area (Å²) < 4.78 is 5.48. The van der Waals surface area contributed by atoms with Crippen LogP contribution in [0.5, 0.6) is 0 Å². The van der Waals surface area contributed by atoms with E-state index in [1.165, 1.54) is 12.8 Å². The van der Waals surface area contributed by atoms with Crippen LogP contribution in [0.3, 0.4) is 0 Å². The van der Waals surface area contributed by atoms with E-state index in [2.05, 4.69) is 17.1 Å². The zero-order valence-electron chi connectivity index (χ0n) is 10.8. The number of amides is 1. The molecule has 2 fully saturated rings. The summed E-state index contributed by atoms with van der Waals surface area (Å²) in [7, 11) is 0. The first-order chi connectivity index (χ1) is 8.24.